The van der Waals surface area contributed by atoms with Crippen molar-refractivity contribution in [2.24, 2.45) is 0 Å². The van der Waals surface area contributed by atoms with Gasteiger partial charge in [0.2, 0.25) is 0 Å². The molecule has 126 valence electrons. The monoisotopic (exact) mass is 439 g/mol. The molecule has 0 heterocycles. The summed E-state index contributed by atoms with van der Waals surface area (Å²) in [5, 5.41) is 0. The van der Waals surface area contributed by atoms with Gasteiger partial charge in [0.1, 0.15) is 6.54 Å². The summed E-state index contributed by atoms with van der Waals surface area (Å²) in [5.74, 6) is -0.711. The summed E-state index contributed by atoms with van der Waals surface area (Å²) in [6.07, 6.45) is 0. The molecule has 0 spiro atoms. The predicted molar refractivity (Wildman–Crippen MR) is 100 cm³/mol. The highest BCUT2D eigenvalue weighted by Gasteiger charge is 2.15. The number of carbonyl (C=O) groups excluding carboxylic acids is 2. The summed E-state index contributed by atoms with van der Waals surface area (Å²) >= 11 is 2.27. The molecule has 2 aromatic rings. The molecule has 0 aliphatic rings. The van der Waals surface area contributed by atoms with Crippen LogP contribution in [0, 0.1) is 3.57 Å². The molecule has 0 aliphatic heterocycles. The van der Waals surface area contributed by atoms with Crippen LogP contribution in [0.2, 0.25) is 0 Å². The number of rotatable bonds is 6. The van der Waals surface area contributed by atoms with E-state index in [4.69, 9.17) is 9.47 Å². The highest BCUT2D eigenvalue weighted by atomic mass is 127. The molecule has 6 heteroatoms. The highest BCUT2D eigenvalue weighted by Crippen LogP contribution is 2.21. The Morgan fingerprint density at radius 3 is 2.25 bits per heavy atom. The van der Waals surface area contributed by atoms with Crippen LogP contribution in [0.25, 0.3) is 0 Å². The molecule has 0 aliphatic carbocycles. The Labute approximate surface area is 154 Å². The standard InChI is InChI=1S/C18H18INO4/c1-23-17(21)12-20(11-14-5-3-4-6-16(14)19)15-9-7-13(8-10-15)18(22)24-2/h3-10H,11-12H2,1-2H3. The maximum atomic E-state index is 11.8. The van der Waals surface area contributed by atoms with Crippen molar-refractivity contribution in [2.75, 3.05) is 25.7 Å². The van der Waals surface area contributed by atoms with Crippen molar-refractivity contribution in [3.8, 4) is 0 Å². The van der Waals surface area contributed by atoms with E-state index in [9.17, 15) is 9.59 Å². The van der Waals surface area contributed by atoms with Gasteiger partial charge in [-0.15, -0.1) is 0 Å². The fraction of sp³-hybridized carbons (Fsp3) is 0.222. The van der Waals surface area contributed by atoms with E-state index >= 15 is 0 Å². The van der Waals surface area contributed by atoms with E-state index in [1.54, 1.807) is 24.3 Å². The smallest absolute Gasteiger partial charge is 0.337 e. The quantitative estimate of drug-likeness (QED) is 0.511. The van der Waals surface area contributed by atoms with Gasteiger partial charge in [-0.25, -0.2) is 4.79 Å². The summed E-state index contributed by atoms with van der Waals surface area (Å²) in [5.41, 5.74) is 2.40. The minimum atomic E-state index is -0.390. The van der Waals surface area contributed by atoms with E-state index in [0.717, 1.165) is 14.8 Å². The number of esters is 2. The Bertz CT molecular complexity index is 715. The molecule has 0 radical (unpaired) electrons. The number of carbonyl (C=O) groups is 2. The van der Waals surface area contributed by atoms with Crippen molar-refractivity contribution in [1.29, 1.82) is 0 Å². The van der Waals surface area contributed by atoms with Crippen molar-refractivity contribution < 1.29 is 19.1 Å². The first kappa shape index (κ1) is 18.3. The van der Waals surface area contributed by atoms with Gasteiger partial charge in [-0.05, 0) is 58.5 Å². The van der Waals surface area contributed by atoms with Gasteiger partial charge in [-0.1, -0.05) is 18.2 Å². The fourth-order valence-electron chi connectivity index (χ4n) is 2.22. The molecule has 0 N–H and O–H groups in total. The Kier molecular flexibility index (Phi) is 6.60. The molecule has 0 saturated heterocycles. The fourth-order valence-corrected chi connectivity index (χ4v) is 2.78. The minimum Gasteiger partial charge on any atom is -0.468 e. The number of hydrogen-bond donors (Lipinski definition) is 0. The number of nitrogens with zero attached hydrogens (tertiary/aromatic N) is 1. The molecule has 5 nitrogen and oxygen atoms in total. The molecule has 0 fully saturated rings. The first-order chi connectivity index (χ1) is 11.5. The lowest BCUT2D eigenvalue weighted by Gasteiger charge is -2.24. The van der Waals surface area contributed by atoms with Crippen LogP contribution in [0.5, 0.6) is 0 Å². The summed E-state index contributed by atoms with van der Waals surface area (Å²) in [6, 6.07) is 14.9. The third-order valence-corrected chi connectivity index (χ3v) is 4.57. The number of halogens is 1. The molecule has 2 aromatic carbocycles. The molecular formula is C18H18INO4. The molecule has 0 atom stereocenters. The van der Waals surface area contributed by atoms with Crippen LogP contribution in [0.1, 0.15) is 15.9 Å². The average molecular weight is 439 g/mol. The molecule has 0 unspecified atom stereocenters. The zero-order chi connectivity index (χ0) is 17.5. The Balaban J connectivity index is 2.27. The second-order valence-electron chi connectivity index (χ2n) is 5.06. The molecular weight excluding hydrogens is 421 g/mol. The van der Waals surface area contributed by atoms with E-state index in [1.165, 1.54) is 14.2 Å². The van der Waals surface area contributed by atoms with Gasteiger partial charge in [-0.2, -0.15) is 0 Å². The molecule has 0 saturated carbocycles. The lowest BCUT2D eigenvalue weighted by atomic mass is 10.1. The second-order valence-corrected chi connectivity index (χ2v) is 6.22. The first-order valence-corrected chi connectivity index (χ1v) is 8.36. The largest absolute Gasteiger partial charge is 0.468 e. The van der Waals surface area contributed by atoms with Crippen LogP contribution in [-0.4, -0.2) is 32.7 Å². The van der Waals surface area contributed by atoms with Crippen LogP contribution < -0.4 is 4.90 Å². The topological polar surface area (TPSA) is 55.8 Å². The number of benzene rings is 2. The van der Waals surface area contributed by atoms with Crippen molar-refractivity contribution in [2.45, 2.75) is 6.54 Å². The first-order valence-electron chi connectivity index (χ1n) is 7.28. The SMILES string of the molecule is COC(=O)CN(Cc1ccccc1I)c1ccc(C(=O)OC)cc1. The summed E-state index contributed by atoms with van der Waals surface area (Å²) in [6.45, 7) is 0.685. The van der Waals surface area contributed by atoms with Crippen LogP contribution in [-0.2, 0) is 20.8 Å². The third kappa shape index (κ3) is 4.70. The molecule has 2 rings (SSSR count). The summed E-state index contributed by atoms with van der Waals surface area (Å²) in [4.78, 5) is 25.2. The van der Waals surface area contributed by atoms with E-state index in [0.29, 0.717) is 12.1 Å². The number of anilines is 1. The highest BCUT2D eigenvalue weighted by molar-refractivity contribution is 14.1. The summed E-state index contributed by atoms with van der Waals surface area (Å²) in [7, 11) is 2.71. The lowest BCUT2D eigenvalue weighted by Crippen LogP contribution is -2.30. The molecule has 0 amide bonds. The van der Waals surface area contributed by atoms with E-state index in [1.807, 2.05) is 29.2 Å². The number of hydrogen-bond acceptors (Lipinski definition) is 5. The minimum absolute atomic E-state index is 0.124. The van der Waals surface area contributed by atoms with Gasteiger partial charge in [0.15, 0.2) is 0 Å². The van der Waals surface area contributed by atoms with Gasteiger partial charge >= 0.3 is 11.9 Å². The van der Waals surface area contributed by atoms with Crippen molar-refractivity contribution >= 4 is 40.2 Å². The van der Waals surface area contributed by atoms with Crippen molar-refractivity contribution in [3.05, 3.63) is 63.2 Å². The normalized spacial score (nSPS) is 10.1. The Morgan fingerprint density at radius 1 is 1.00 bits per heavy atom. The van der Waals surface area contributed by atoms with Crippen molar-refractivity contribution in [1.82, 2.24) is 0 Å². The van der Waals surface area contributed by atoms with Crippen molar-refractivity contribution in [3.63, 3.8) is 0 Å². The number of methoxy groups -OCH3 is 2. The number of ether oxygens (including phenoxy) is 2. The maximum Gasteiger partial charge on any atom is 0.337 e. The second kappa shape index (κ2) is 8.68. The van der Waals surface area contributed by atoms with Gasteiger partial charge in [0.05, 0.1) is 19.8 Å². The van der Waals surface area contributed by atoms with E-state index < -0.39 is 5.97 Å². The Hall–Kier alpha value is -2.09. The lowest BCUT2D eigenvalue weighted by molar-refractivity contribution is -0.139. The predicted octanol–water partition coefficient (Wildman–Crippen LogP) is 3.26. The maximum absolute atomic E-state index is 11.8. The molecule has 0 bridgehead atoms. The van der Waals surface area contributed by atoms with Crippen LogP contribution in [0.3, 0.4) is 0 Å². The Morgan fingerprint density at radius 2 is 1.67 bits per heavy atom. The van der Waals surface area contributed by atoms with Gasteiger partial charge in [0.25, 0.3) is 0 Å². The van der Waals surface area contributed by atoms with Crippen LogP contribution in [0.15, 0.2) is 48.5 Å². The van der Waals surface area contributed by atoms with Crippen LogP contribution in [0.4, 0.5) is 5.69 Å². The average Bonchev–Trinajstić information content (AvgIpc) is 2.62. The molecule has 0 aromatic heterocycles. The van der Waals surface area contributed by atoms with Crippen LogP contribution >= 0.6 is 22.6 Å². The van der Waals surface area contributed by atoms with E-state index in [2.05, 4.69) is 22.6 Å². The van der Waals surface area contributed by atoms with Gasteiger partial charge in [-0.3, -0.25) is 4.79 Å². The summed E-state index contributed by atoms with van der Waals surface area (Å²) < 4.78 is 10.6. The third-order valence-electron chi connectivity index (χ3n) is 3.52. The zero-order valence-corrected chi connectivity index (χ0v) is 15.6. The van der Waals surface area contributed by atoms with E-state index in [-0.39, 0.29) is 12.5 Å². The van der Waals surface area contributed by atoms with Gasteiger partial charge in [0, 0.05) is 15.8 Å². The molecule has 24 heavy (non-hydrogen) atoms. The zero-order valence-electron chi connectivity index (χ0n) is 13.5. The van der Waals surface area contributed by atoms with Gasteiger partial charge < -0.3 is 14.4 Å².